The van der Waals surface area contributed by atoms with Gasteiger partial charge in [-0.2, -0.15) is 4.98 Å². The summed E-state index contributed by atoms with van der Waals surface area (Å²) in [5.74, 6) is 2.03. The molecule has 0 aromatic carbocycles. The molecule has 1 aromatic rings. The summed E-state index contributed by atoms with van der Waals surface area (Å²) < 4.78 is 5.18. The molecule has 0 saturated heterocycles. The molecule has 1 fully saturated rings. The molecule has 2 rings (SSSR count). The Labute approximate surface area is 77.7 Å². The predicted octanol–water partition coefficient (Wildman–Crippen LogP) is 1.30. The van der Waals surface area contributed by atoms with Crippen LogP contribution in [0.25, 0.3) is 0 Å². The van der Waals surface area contributed by atoms with Gasteiger partial charge >= 0.3 is 0 Å². The average Bonchev–Trinajstić information content (AvgIpc) is 2.52. The Hall–Kier alpha value is -0.900. The standard InChI is InChI=1S/C9H15N3O/c1-9(2)4-6(9)8-11-7(5-10-3)12-13-8/h6,10H,4-5H2,1-3H3. The van der Waals surface area contributed by atoms with E-state index in [4.69, 9.17) is 4.52 Å². The Morgan fingerprint density at radius 1 is 1.62 bits per heavy atom. The quantitative estimate of drug-likeness (QED) is 0.763. The molecule has 4 heteroatoms. The third-order valence-electron chi connectivity index (χ3n) is 2.63. The summed E-state index contributed by atoms with van der Waals surface area (Å²) in [5.41, 5.74) is 0.365. The minimum atomic E-state index is 0.365. The van der Waals surface area contributed by atoms with Crippen LogP contribution in [0, 0.1) is 5.41 Å². The van der Waals surface area contributed by atoms with Crippen LogP contribution in [0.2, 0.25) is 0 Å². The average molecular weight is 181 g/mol. The van der Waals surface area contributed by atoms with E-state index < -0.39 is 0 Å². The first-order valence-electron chi connectivity index (χ1n) is 4.60. The molecule has 1 atom stereocenters. The van der Waals surface area contributed by atoms with Crippen molar-refractivity contribution in [1.82, 2.24) is 15.5 Å². The van der Waals surface area contributed by atoms with E-state index in [0.717, 1.165) is 18.1 Å². The maximum Gasteiger partial charge on any atom is 0.230 e. The fraction of sp³-hybridized carbons (Fsp3) is 0.778. The molecule has 0 radical (unpaired) electrons. The first kappa shape index (κ1) is 8.69. The largest absolute Gasteiger partial charge is 0.339 e. The lowest BCUT2D eigenvalue weighted by Crippen LogP contribution is -2.06. The van der Waals surface area contributed by atoms with Crippen LogP contribution in [-0.4, -0.2) is 17.2 Å². The first-order valence-corrected chi connectivity index (χ1v) is 4.60. The molecule has 1 aliphatic carbocycles. The Balaban J connectivity index is 2.07. The maximum absolute atomic E-state index is 5.18. The van der Waals surface area contributed by atoms with E-state index in [0.29, 0.717) is 17.9 Å². The van der Waals surface area contributed by atoms with Crippen LogP contribution in [0.5, 0.6) is 0 Å². The maximum atomic E-state index is 5.18. The van der Waals surface area contributed by atoms with Gasteiger partial charge in [0.2, 0.25) is 5.89 Å². The van der Waals surface area contributed by atoms with Crippen LogP contribution in [0.1, 0.15) is 37.9 Å². The van der Waals surface area contributed by atoms with Crippen molar-refractivity contribution in [1.29, 1.82) is 0 Å². The lowest BCUT2D eigenvalue weighted by atomic mass is 10.1. The van der Waals surface area contributed by atoms with Crippen molar-refractivity contribution in [2.24, 2.45) is 5.41 Å². The summed E-state index contributed by atoms with van der Waals surface area (Å²) in [4.78, 5) is 4.32. The molecule has 4 nitrogen and oxygen atoms in total. The minimum Gasteiger partial charge on any atom is -0.339 e. The summed E-state index contributed by atoms with van der Waals surface area (Å²) in [6.07, 6.45) is 1.16. The monoisotopic (exact) mass is 181 g/mol. The van der Waals surface area contributed by atoms with E-state index in [1.54, 1.807) is 0 Å². The van der Waals surface area contributed by atoms with Crippen LogP contribution in [0.3, 0.4) is 0 Å². The van der Waals surface area contributed by atoms with Crippen molar-refractivity contribution in [3.8, 4) is 0 Å². The summed E-state index contributed by atoms with van der Waals surface area (Å²) >= 11 is 0. The molecule has 0 bridgehead atoms. The smallest absolute Gasteiger partial charge is 0.230 e. The molecule has 1 aromatic heterocycles. The van der Waals surface area contributed by atoms with Gasteiger partial charge in [-0.15, -0.1) is 0 Å². The SMILES string of the molecule is CNCc1noc(C2CC2(C)C)n1. The van der Waals surface area contributed by atoms with Crippen LogP contribution in [0.4, 0.5) is 0 Å². The highest BCUT2D eigenvalue weighted by Crippen LogP contribution is 2.57. The molecule has 0 spiro atoms. The summed E-state index contributed by atoms with van der Waals surface area (Å²) in [6.45, 7) is 5.12. The Bertz CT molecular complexity index is 306. The van der Waals surface area contributed by atoms with Gasteiger partial charge in [0, 0.05) is 5.92 Å². The Morgan fingerprint density at radius 3 is 2.85 bits per heavy atom. The van der Waals surface area contributed by atoms with Crippen molar-refractivity contribution in [3.05, 3.63) is 11.7 Å². The second kappa shape index (κ2) is 2.80. The molecule has 13 heavy (non-hydrogen) atoms. The third kappa shape index (κ3) is 1.58. The Morgan fingerprint density at radius 2 is 2.31 bits per heavy atom. The fourth-order valence-corrected chi connectivity index (χ4v) is 1.53. The van der Waals surface area contributed by atoms with Crippen LogP contribution < -0.4 is 5.32 Å². The normalized spacial score (nSPS) is 24.7. The molecule has 1 unspecified atom stereocenters. The molecule has 1 heterocycles. The van der Waals surface area contributed by atoms with Crippen molar-refractivity contribution in [2.45, 2.75) is 32.7 Å². The molecular formula is C9H15N3O. The zero-order valence-corrected chi connectivity index (χ0v) is 8.29. The topological polar surface area (TPSA) is 51.0 Å². The number of aromatic nitrogens is 2. The number of rotatable bonds is 3. The molecule has 0 amide bonds. The van der Waals surface area contributed by atoms with Gasteiger partial charge in [0.25, 0.3) is 0 Å². The lowest BCUT2D eigenvalue weighted by molar-refractivity contribution is 0.362. The molecule has 0 aliphatic heterocycles. The van der Waals surface area contributed by atoms with Gasteiger partial charge < -0.3 is 9.84 Å². The van der Waals surface area contributed by atoms with Gasteiger partial charge in [-0.1, -0.05) is 19.0 Å². The second-order valence-corrected chi connectivity index (χ2v) is 4.32. The molecule has 1 N–H and O–H groups in total. The van der Waals surface area contributed by atoms with E-state index in [1.165, 1.54) is 0 Å². The van der Waals surface area contributed by atoms with Crippen LogP contribution in [0.15, 0.2) is 4.52 Å². The van der Waals surface area contributed by atoms with Crippen molar-refractivity contribution in [3.63, 3.8) is 0 Å². The number of nitrogens with zero attached hydrogens (tertiary/aromatic N) is 2. The molecule has 1 aliphatic rings. The minimum absolute atomic E-state index is 0.365. The number of nitrogens with one attached hydrogen (secondary N) is 1. The molecule has 72 valence electrons. The van der Waals surface area contributed by atoms with Gasteiger partial charge in [0.15, 0.2) is 5.82 Å². The summed E-state index contributed by atoms with van der Waals surface area (Å²) in [6, 6.07) is 0. The summed E-state index contributed by atoms with van der Waals surface area (Å²) in [5, 5.41) is 6.88. The highest BCUT2D eigenvalue weighted by molar-refractivity contribution is 5.12. The van der Waals surface area contributed by atoms with E-state index >= 15 is 0 Å². The lowest BCUT2D eigenvalue weighted by Gasteiger charge is -1.95. The zero-order chi connectivity index (χ0) is 9.47. The molecule has 1 saturated carbocycles. The van der Waals surface area contributed by atoms with Crippen molar-refractivity contribution in [2.75, 3.05) is 7.05 Å². The summed E-state index contributed by atoms with van der Waals surface area (Å²) in [7, 11) is 1.87. The number of hydrogen-bond donors (Lipinski definition) is 1. The fourth-order valence-electron chi connectivity index (χ4n) is 1.53. The first-order chi connectivity index (χ1) is 6.13. The second-order valence-electron chi connectivity index (χ2n) is 4.32. The van der Waals surface area contributed by atoms with Gasteiger partial charge in [-0.25, -0.2) is 0 Å². The van der Waals surface area contributed by atoms with Gasteiger partial charge in [-0.3, -0.25) is 0 Å². The van der Waals surface area contributed by atoms with Crippen LogP contribution in [-0.2, 0) is 6.54 Å². The predicted molar refractivity (Wildman–Crippen MR) is 48.2 cm³/mol. The van der Waals surface area contributed by atoms with Gasteiger partial charge in [0.05, 0.1) is 6.54 Å². The van der Waals surface area contributed by atoms with E-state index in [9.17, 15) is 0 Å². The van der Waals surface area contributed by atoms with E-state index in [1.807, 2.05) is 7.05 Å². The number of hydrogen-bond acceptors (Lipinski definition) is 4. The van der Waals surface area contributed by atoms with Crippen molar-refractivity contribution < 1.29 is 4.52 Å². The van der Waals surface area contributed by atoms with Crippen LogP contribution >= 0.6 is 0 Å². The highest BCUT2D eigenvalue weighted by atomic mass is 16.5. The zero-order valence-electron chi connectivity index (χ0n) is 8.29. The Kier molecular flexibility index (Phi) is 1.87. The van der Waals surface area contributed by atoms with Gasteiger partial charge in [0.1, 0.15) is 0 Å². The van der Waals surface area contributed by atoms with Gasteiger partial charge in [-0.05, 0) is 18.9 Å². The highest BCUT2D eigenvalue weighted by Gasteiger charge is 2.50. The molecular weight excluding hydrogens is 166 g/mol. The van der Waals surface area contributed by atoms with E-state index in [2.05, 4.69) is 29.3 Å². The van der Waals surface area contributed by atoms with Crippen molar-refractivity contribution >= 4 is 0 Å². The van der Waals surface area contributed by atoms with E-state index in [-0.39, 0.29) is 0 Å². The third-order valence-corrected chi connectivity index (χ3v) is 2.63.